The molecule has 0 radical (unpaired) electrons. The zero-order chi connectivity index (χ0) is 15.1. The fourth-order valence-electron chi connectivity index (χ4n) is 2.47. The second-order valence-electron chi connectivity index (χ2n) is 5.70. The van der Waals surface area contributed by atoms with Gasteiger partial charge in [-0.2, -0.15) is 0 Å². The Morgan fingerprint density at radius 2 is 1.95 bits per heavy atom. The summed E-state index contributed by atoms with van der Waals surface area (Å²) in [6.45, 7) is 8.90. The minimum absolute atomic E-state index is 0.148. The Balaban J connectivity index is 2.71. The molecule has 2 nitrogen and oxygen atoms in total. The van der Waals surface area contributed by atoms with Gasteiger partial charge < -0.3 is 10.2 Å². The van der Waals surface area contributed by atoms with Gasteiger partial charge >= 0.3 is 0 Å². The van der Waals surface area contributed by atoms with Crippen molar-refractivity contribution in [1.82, 2.24) is 10.2 Å². The first-order chi connectivity index (χ1) is 9.45. The van der Waals surface area contributed by atoms with Crippen LogP contribution in [0.4, 0.5) is 8.78 Å². The molecule has 0 bridgehead atoms. The molecule has 20 heavy (non-hydrogen) atoms. The van der Waals surface area contributed by atoms with Crippen LogP contribution in [0.25, 0.3) is 0 Å². The first-order valence-corrected chi connectivity index (χ1v) is 7.31. The van der Waals surface area contributed by atoms with Crippen molar-refractivity contribution in [3.63, 3.8) is 0 Å². The van der Waals surface area contributed by atoms with Crippen molar-refractivity contribution in [2.24, 2.45) is 5.92 Å². The summed E-state index contributed by atoms with van der Waals surface area (Å²) in [5, 5.41) is 3.24. The lowest BCUT2D eigenvalue weighted by atomic mass is 10.0. The van der Waals surface area contributed by atoms with Crippen molar-refractivity contribution in [1.29, 1.82) is 0 Å². The molecule has 0 aliphatic rings. The van der Waals surface area contributed by atoms with Crippen LogP contribution >= 0.6 is 0 Å². The minimum atomic E-state index is -0.777. The predicted molar refractivity (Wildman–Crippen MR) is 79.7 cm³/mol. The van der Waals surface area contributed by atoms with Crippen LogP contribution in [0.1, 0.15) is 38.8 Å². The third-order valence-electron chi connectivity index (χ3n) is 3.28. The van der Waals surface area contributed by atoms with Gasteiger partial charge in [0.1, 0.15) is 0 Å². The Hall–Kier alpha value is -1.00. The van der Waals surface area contributed by atoms with Crippen LogP contribution < -0.4 is 5.32 Å². The third kappa shape index (κ3) is 5.17. The Morgan fingerprint density at radius 1 is 1.25 bits per heavy atom. The molecule has 0 spiro atoms. The molecular formula is C16H26F2N2. The van der Waals surface area contributed by atoms with Crippen molar-refractivity contribution in [3.05, 3.63) is 35.4 Å². The van der Waals surface area contributed by atoms with E-state index in [4.69, 9.17) is 0 Å². The summed E-state index contributed by atoms with van der Waals surface area (Å²) in [4.78, 5) is 2.23. The second kappa shape index (κ2) is 8.32. The van der Waals surface area contributed by atoms with Crippen molar-refractivity contribution in [2.45, 2.75) is 33.2 Å². The molecule has 0 amide bonds. The van der Waals surface area contributed by atoms with Gasteiger partial charge in [0.05, 0.1) is 0 Å². The van der Waals surface area contributed by atoms with Gasteiger partial charge in [0.2, 0.25) is 0 Å². The lowest BCUT2D eigenvalue weighted by Gasteiger charge is -2.24. The van der Waals surface area contributed by atoms with Crippen molar-refractivity contribution in [2.75, 3.05) is 26.7 Å². The smallest absolute Gasteiger partial charge is 0.163 e. The zero-order valence-corrected chi connectivity index (χ0v) is 12.9. The Labute approximate surface area is 121 Å². The van der Waals surface area contributed by atoms with Crippen LogP contribution in [0.15, 0.2) is 18.2 Å². The van der Waals surface area contributed by atoms with E-state index in [0.717, 1.165) is 32.1 Å². The second-order valence-corrected chi connectivity index (χ2v) is 5.70. The van der Waals surface area contributed by atoms with Gasteiger partial charge in [-0.05, 0) is 38.5 Å². The Kier molecular flexibility index (Phi) is 7.10. The number of hydrogen-bond acceptors (Lipinski definition) is 2. The highest BCUT2D eigenvalue weighted by atomic mass is 19.2. The van der Waals surface area contributed by atoms with Gasteiger partial charge in [0.15, 0.2) is 11.6 Å². The summed E-state index contributed by atoms with van der Waals surface area (Å²) < 4.78 is 27.2. The number of halogens is 2. The summed E-state index contributed by atoms with van der Waals surface area (Å²) in [7, 11) is 2.06. The predicted octanol–water partition coefficient (Wildman–Crippen LogP) is 3.59. The molecular weight excluding hydrogens is 258 g/mol. The van der Waals surface area contributed by atoms with Gasteiger partial charge in [0.25, 0.3) is 0 Å². The van der Waals surface area contributed by atoms with Crippen molar-refractivity contribution in [3.8, 4) is 0 Å². The summed E-state index contributed by atoms with van der Waals surface area (Å²) in [5.74, 6) is -0.908. The summed E-state index contributed by atoms with van der Waals surface area (Å²) in [6.07, 6.45) is 0.761. The first kappa shape index (κ1) is 17.1. The number of nitrogens with zero attached hydrogens (tertiary/aromatic N) is 1. The van der Waals surface area contributed by atoms with Crippen molar-refractivity contribution >= 4 is 0 Å². The molecule has 1 unspecified atom stereocenters. The molecule has 0 heterocycles. The minimum Gasteiger partial charge on any atom is -0.310 e. The van der Waals surface area contributed by atoms with Gasteiger partial charge in [-0.3, -0.25) is 0 Å². The lowest BCUT2D eigenvalue weighted by molar-refractivity contribution is 0.275. The van der Waals surface area contributed by atoms with Crippen LogP contribution in [0, 0.1) is 17.6 Å². The standard InChI is InChI=1S/C16H26F2N2/c1-5-19-15(9-10-20(4)11-12(2)3)13-7-6-8-14(17)16(13)18/h6-8,12,15,19H,5,9-11H2,1-4H3. The molecule has 0 aliphatic heterocycles. The molecule has 114 valence electrons. The van der Waals surface area contributed by atoms with E-state index in [1.807, 2.05) is 6.92 Å². The lowest BCUT2D eigenvalue weighted by Crippen LogP contribution is -2.30. The van der Waals surface area contributed by atoms with E-state index in [9.17, 15) is 8.78 Å². The summed E-state index contributed by atoms with van der Waals surface area (Å²) in [5.41, 5.74) is 0.421. The summed E-state index contributed by atoms with van der Waals surface area (Å²) in [6, 6.07) is 4.24. The first-order valence-electron chi connectivity index (χ1n) is 7.31. The molecule has 1 rings (SSSR count). The molecule has 0 saturated carbocycles. The fraction of sp³-hybridized carbons (Fsp3) is 0.625. The van der Waals surface area contributed by atoms with Gasteiger partial charge in [-0.15, -0.1) is 0 Å². The number of benzene rings is 1. The quantitative estimate of drug-likeness (QED) is 0.785. The van der Waals surface area contributed by atoms with Crippen molar-refractivity contribution < 1.29 is 8.78 Å². The average molecular weight is 284 g/mol. The highest BCUT2D eigenvalue weighted by Crippen LogP contribution is 2.22. The number of hydrogen-bond donors (Lipinski definition) is 1. The van der Waals surface area contributed by atoms with E-state index in [1.54, 1.807) is 12.1 Å². The number of rotatable bonds is 8. The zero-order valence-electron chi connectivity index (χ0n) is 12.9. The Bertz CT molecular complexity index is 407. The maximum absolute atomic E-state index is 13.9. The van der Waals surface area contributed by atoms with Crippen LogP contribution in [0.5, 0.6) is 0 Å². The molecule has 0 aromatic heterocycles. The van der Waals surface area contributed by atoms with Crippen LogP contribution in [0.3, 0.4) is 0 Å². The van der Waals surface area contributed by atoms with Gasteiger partial charge in [-0.1, -0.05) is 32.9 Å². The van der Waals surface area contributed by atoms with E-state index in [1.165, 1.54) is 0 Å². The van der Waals surface area contributed by atoms with E-state index < -0.39 is 11.6 Å². The van der Waals surface area contributed by atoms with Gasteiger partial charge in [0, 0.05) is 18.2 Å². The summed E-state index contributed by atoms with van der Waals surface area (Å²) >= 11 is 0. The maximum Gasteiger partial charge on any atom is 0.163 e. The normalized spacial score (nSPS) is 13.2. The third-order valence-corrected chi connectivity index (χ3v) is 3.28. The molecule has 1 aromatic rings. The monoisotopic (exact) mass is 284 g/mol. The topological polar surface area (TPSA) is 15.3 Å². The molecule has 1 aromatic carbocycles. The fourth-order valence-corrected chi connectivity index (χ4v) is 2.47. The SMILES string of the molecule is CCNC(CCN(C)CC(C)C)c1cccc(F)c1F. The maximum atomic E-state index is 13.9. The average Bonchev–Trinajstić information content (AvgIpc) is 2.37. The number of nitrogens with one attached hydrogen (secondary N) is 1. The molecule has 1 atom stereocenters. The van der Waals surface area contributed by atoms with Crippen LogP contribution in [0.2, 0.25) is 0 Å². The molecule has 4 heteroatoms. The van der Waals surface area contributed by atoms with E-state index in [0.29, 0.717) is 11.5 Å². The Morgan fingerprint density at radius 3 is 2.55 bits per heavy atom. The molecule has 1 N–H and O–H groups in total. The largest absolute Gasteiger partial charge is 0.310 e. The van der Waals surface area contributed by atoms with E-state index >= 15 is 0 Å². The highest BCUT2D eigenvalue weighted by molar-refractivity contribution is 5.22. The van der Waals surface area contributed by atoms with E-state index in [-0.39, 0.29) is 6.04 Å². The molecule has 0 fully saturated rings. The van der Waals surface area contributed by atoms with E-state index in [2.05, 4.69) is 31.1 Å². The van der Waals surface area contributed by atoms with Gasteiger partial charge in [-0.25, -0.2) is 8.78 Å². The molecule has 0 saturated heterocycles. The van der Waals surface area contributed by atoms with Crippen LogP contribution in [-0.4, -0.2) is 31.6 Å². The highest BCUT2D eigenvalue weighted by Gasteiger charge is 2.18. The molecule has 0 aliphatic carbocycles. The van der Waals surface area contributed by atoms with Crippen LogP contribution in [-0.2, 0) is 0 Å².